The minimum Gasteiger partial charge on any atom is -0.463 e. The van der Waals surface area contributed by atoms with Crippen molar-refractivity contribution in [3.05, 3.63) is 35.9 Å². The van der Waals surface area contributed by atoms with Gasteiger partial charge in [-0.1, -0.05) is 30.3 Å². The fourth-order valence-corrected chi connectivity index (χ4v) is 2.67. The number of aliphatic imine (C=N–C) groups is 1. The van der Waals surface area contributed by atoms with Gasteiger partial charge in [-0.05, 0) is 18.9 Å². The molecule has 1 amide bonds. The molecule has 2 unspecified atom stereocenters. The molecular weight excluding hydrogens is 228 g/mol. The van der Waals surface area contributed by atoms with Gasteiger partial charge in [0.1, 0.15) is 6.61 Å². The molecule has 2 atom stereocenters. The number of amidine groups is 1. The number of rotatable bonds is 2. The van der Waals surface area contributed by atoms with Crippen LogP contribution in [-0.4, -0.2) is 35.5 Å². The maximum Gasteiger partial charge on any atom is 0.295 e. The standard InChI is InChI=1S/C14H16N2O2/c1-10-7-13(17)15-14-16(10)12(9-18-14)8-11-5-3-2-4-6-11/h2-6,10,12H,7-9H2,1H3. The van der Waals surface area contributed by atoms with Gasteiger partial charge in [0.15, 0.2) is 0 Å². The molecule has 2 aliphatic heterocycles. The summed E-state index contributed by atoms with van der Waals surface area (Å²) >= 11 is 0. The predicted octanol–water partition coefficient (Wildman–Crippen LogP) is 1.60. The summed E-state index contributed by atoms with van der Waals surface area (Å²) in [6.07, 6.45) is 1.41. The van der Waals surface area contributed by atoms with E-state index in [2.05, 4.69) is 28.9 Å². The average molecular weight is 244 g/mol. The van der Waals surface area contributed by atoms with E-state index in [4.69, 9.17) is 4.74 Å². The lowest BCUT2D eigenvalue weighted by Gasteiger charge is -2.31. The SMILES string of the molecule is CC1CC(=O)N=C2OCC(Cc3ccccc3)N21. The van der Waals surface area contributed by atoms with Crippen LogP contribution in [0.15, 0.2) is 35.3 Å². The highest BCUT2D eigenvalue weighted by molar-refractivity contribution is 5.94. The Morgan fingerprint density at radius 2 is 2.17 bits per heavy atom. The van der Waals surface area contributed by atoms with Crippen LogP contribution in [0.25, 0.3) is 0 Å². The molecule has 0 aliphatic carbocycles. The fourth-order valence-electron chi connectivity index (χ4n) is 2.67. The second-order valence-corrected chi connectivity index (χ2v) is 4.90. The van der Waals surface area contributed by atoms with Gasteiger partial charge in [-0.2, -0.15) is 4.99 Å². The van der Waals surface area contributed by atoms with Crippen LogP contribution in [0.3, 0.4) is 0 Å². The molecule has 0 radical (unpaired) electrons. The first-order valence-electron chi connectivity index (χ1n) is 6.30. The normalized spacial score (nSPS) is 26.6. The van der Waals surface area contributed by atoms with Crippen LogP contribution >= 0.6 is 0 Å². The molecule has 94 valence electrons. The molecule has 1 saturated heterocycles. The van der Waals surface area contributed by atoms with Crippen LogP contribution in [-0.2, 0) is 16.0 Å². The number of carbonyl (C=O) groups excluding carboxylic acids is 1. The average Bonchev–Trinajstić information content (AvgIpc) is 2.73. The zero-order valence-electron chi connectivity index (χ0n) is 10.4. The van der Waals surface area contributed by atoms with Gasteiger partial charge >= 0.3 is 0 Å². The topological polar surface area (TPSA) is 41.9 Å². The third-order valence-electron chi connectivity index (χ3n) is 3.50. The van der Waals surface area contributed by atoms with Crippen molar-refractivity contribution in [2.75, 3.05) is 6.61 Å². The Bertz CT molecular complexity index is 484. The molecule has 0 saturated carbocycles. The molecule has 4 heteroatoms. The van der Waals surface area contributed by atoms with Crippen molar-refractivity contribution in [2.24, 2.45) is 4.99 Å². The first-order valence-corrected chi connectivity index (χ1v) is 6.30. The molecule has 3 rings (SSSR count). The van der Waals surface area contributed by atoms with Crippen LogP contribution in [0.5, 0.6) is 0 Å². The molecule has 0 bridgehead atoms. The van der Waals surface area contributed by atoms with Gasteiger partial charge in [0, 0.05) is 12.5 Å². The Morgan fingerprint density at radius 1 is 1.39 bits per heavy atom. The van der Waals surface area contributed by atoms with Crippen LogP contribution in [0.4, 0.5) is 0 Å². The van der Waals surface area contributed by atoms with Gasteiger partial charge in [0.2, 0.25) is 0 Å². The van der Waals surface area contributed by atoms with Crippen molar-refractivity contribution < 1.29 is 9.53 Å². The smallest absolute Gasteiger partial charge is 0.295 e. The van der Waals surface area contributed by atoms with E-state index < -0.39 is 0 Å². The molecule has 0 N–H and O–H groups in total. The fraction of sp³-hybridized carbons (Fsp3) is 0.429. The molecule has 1 aromatic carbocycles. The monoisotopic (exact) mass is 244 g/mol. The van der Waals surface area contributed by atoms with Crippen molar-refractivity contribution in [3.8, 4) is 0 Å². The van der Waals surface area contributed by atoms with Gasteiger partial charge in [-0.3, -0.25) is 4.79 Å². The second-order valence-electron chi connectivity index (χ2n) is 4.90. The number of hydrogen-bond acceptors (Lipinski definition) is 3. The van der Waals surface area contributed by atoms with E-state index in [1.807, 2.05) is 18.2 Å². The Kier molecular flexibility index (Phi) is 2.78. The molecule has 1 aromatic rings. The molecule has 1 fully saturated rings. The largest absolute Gasteiger partial charge is 0.463 e. The second kappa shape index (κ2) is 4.44. The summed E-state index contributed by atoms with van der Waals surface area (Å²) < 4.78 is 5.54. The van der Waals surface area contributed by atoms with Gasteiger partial charge in [0.25, 0.3) is 11.9 Å². The first-order chi connectivity index (χ1) is 8.74. The molecule has 2 aliphatic rings. The third-order valence-corrected chi connectivity index (χ3v) is 3.50. The maximum atomic E-state index is 11.4. The van der Waals surface area contributed by atoms with Crippen molar-refractivity contribution in [1.29, 1.82) is 0 Å². The number of carbonyl (C=O) groups is 1. The Hall–Kier alpha value is -1.84. The van der Waals surface area contributed by atoms with Gasteiger partial charge in [-0.15, -0.1) is 0 Å². The summed E-state index contributed by atoms with van der Waals surface area (Å²) in [5.41, 5.74) is 1.29. The van der Waals surface area contributed by atoms with Crippen LogP contribution in [0, 0.1) is 0 Å². The van der Waals surface area contributed by atoms with Crippen molar-refractivity contribution in [1.82, 2.24) is 4.90 Å². The van der Waals surface area contributed by atoms with Crippen molar-refractivity contribution in [3.63, 3.8) is 0 Å². The number of ether oxygens (including phenoxy) is 1. The number of amides is 1. The van der Waals surface area contributed by atoms with Gasteiger partial charge in [0.05, 0.1) is 6.04 Å². The molecule has 0 spiro atoms. The minimum atomic E-state index is -0.0749. The first kappa shape index (κ1) is 11.3. The van der Waals surface area contributed by atoms with Crippen LogP contribution < -0.4 is 0 Å². The predicted molar refractivity (Wildman–Crippen MR) is 68.2 cm³/mol. The summed E-state index contributed by atoms with van der Waals surface area (Å²) in [4.78, 5) is 17.5. The molecular formula is C14H16N2O2. The van der Waals surface area contributed by atoms with E-state index in [0.717, 1.165) is 6.42 Å². The minimum absolute atomic E-state index is 0.0749. The lowest BCUT2D eigenvalue weighted by molar-refractivity contribution is -0.119. The van der Waals surface area contributed by atoms with Gasteiger partial charge in [-0.25, -0.2) is 0 Å². The van der Waals surface area contributed by atoms with E-state index in [1.165, 1.54) is 5.56 Å². The summed E-state index contributed by atoms with van der Waals surface area (Å²) in [6, 6.07) is 11.3. The highest BCUT2D eigenvalue weighted by Crippen LogP contribution is 2.24. The molecule has 18 heavy (non-hydrogen) atoms. The zero-order chi connectivity index (χ0) is 12.5. The Labute approximate surface area is 106 Å². The van der Waals surface area contributed by atoms with E-state index in [-0.39, 0.29) is 18.0 Å². The zero-order valence-corrected chi connectivity index (χ0v) is 10.4. The lowest BCUT2D eigenvalue weighted by atomic mass is 10.0. The Balaban J connectivity index is 1.79. The molecule has 4 nitrogen and oxygen atoms in total. The quantitative estimate of drug-likeness (QED) is 0.793. The van der Waals surface area contributed by atoms with Gasteiger partial charge < -0.3 is 9.64 Å². The number of nitrogens with zero attached hydrogens (tertiary/aromatic N) is 2. The van der Waals surface area contributed by atoms with Crippen molar-refractivity contribution >= 4 is 11.9 Å². The number of fused-ring (bicyclic) bond motifs is 1. The van der Waals surface area contributed by atoms with Crippen LogP contribution in [0.1, 0.15) is 18.9 Å². The Morgan fingerprint density at radius 3 is 2.94 bits per heavy atom. The third kappa shape index (κ3) is 1.98. The summed E-state index contributed by atoms with van der Waals surface area (Å²) in [7, 11) is 0. The highest BCUT2D eigenvalue weighted by Gasteiger charge is 2.38. The van der Waals surface area contributed by atoms with E-state index >= 15 is 0 Å². The maximum absolute atomic E-state index is 11.4. The van der Waals surface area contributed by atoms with Crippen LogP contribution in [0.2, 0.25) is 0 Å². The lowest BCUT2D eigenvalue weighted by Crippen LogP contribution is -2.45. The number of hydrogen-bond donors (Lipinski definition) is 0. The van der Waals surface area contributed by atoms with Crippen molar-refractivity contribution in [2.45, 2.75) is 31.8 Å². The molecule has 2 heterocycles. The van der Waals surface area contributed by atoms with E-state index in [9.17, 15) is 4.79 Å². The summed E-state index contributed by atoms with van der Waals surface area (Å²) in [6.45, 7) is 2.67. The van der Waals surface area contributed by atoms with E-state index in [1.54, 1.807) is 0 Å². The number of benzene rings is 1. The van der Waals surface area contributed by atoms with E-state index in [0.29, 0.717) is 19.0 Å². The summed E-state index contributed by atoms with van der Waals surface area (Å²) in [5.74, 6) is -0.0749. The molecule has 0 aromatic heterocycles. The highest BCUT2D eigenvalue weighted by atomic mass is 16.5. The summed E-state index contributed by atoms with van der Waals surface area (Å²) in [5, 5.41) is 0.